The van der Waals surface area contributed by atoms with E-state index in [0.29, 0.717) is 26.3 Å². The van der Waals surface area contributed by atoms with Crippen molar-refractivity contribution in [2.75, 3.05) is 19.7 Å². The summed E-state index contributed by atoms with van der Waals surface area (Å²) in [6, 6.07) is 9.86. The van der Waals surface area contributed by atoms with Crippen LogP contribution in [0.25, 0.3) is 0 Å². The van der Waals surface area contributed by atoms with Crippen LogP contribution >= 0.6 is 0 Å². The van der Waals surface area contributed by atoms with Crippen LogP contribution < -0.4 is 0 Å². The second kappa shape index (κ2) is 4.89. The van der Waals surface area contributed by atoms with Gasteiger partial charge < -0.3 is 4.74 Å². The SMILES string of the molecule is O=S(=O)(N1CCC1)C1(COCc2ccccc2)CC1. The molecule has 2 fully saturated rings. The lowest BCUT2D eigenvalue weighted by molar-refractivity contribution is 0.114. The summed E-state index contributed by atoms with van der Waals surface area (Å²) in [4.78, 5) is 0. The van der Waals surface area contributed by atoms with Gasteiger partial charge in [-0.1, -0.05) is 30.3 Å². The molecule has 0 radical (unpaired) electrons. The Bertz CT molecular complexity index is 533. The molecule has 1 aromatic carbocycles. The standard InChI is InChI=1S/C14H19NO3S/c16-19(17,15-9-4-10-15)14(7-8-14)12-18-11-13-5-2-1-3-6-13/h1-3,5-6H,4,7-12H2. The number of rotatable bonds is 6. The molecule has 1 saturated carbocycles. The maximum Gasteiger partial charge on any atom is 0.222 e. The molecule has 0 unspecified atom stereocenters. The van der Waals surface area contributed by atoms with Gasteiger partial charge in [0.1, 0.15) is 4.75 Å². The van der Waals surface area contributed by atoms with Crippen LogP contribution in [-0.2, 0) is 21.4 Å². The lowest BCUT2D eigenvalue weighted by atomic mass is 10.2. The van der Waals surface area contributed by atoms with Crippen molar-refractivity contribution >= 4 is 10.0 Å². The van der Waals surface area contributed by atoms with Crippen LogP contribution in [0.4, 0.5) is 0 Å². The molecule has 19 heavy (non-hydrogen) atoms. The highest BCUT2D eigenvalue weighted by Gasteiger charge is 2.57. The second-order valence-electron chi connectivity index (χ2n) is 5.42. The Morgan fingerprint density at radius 1 is 1.16 bits per heavy atom. The number of nitrogens with zero attached hydrogens (tertiary/aromatic N) is 1. The number of benzene rings is 1. The highest BCUT2D eigenvalue weighted by molar-refractivity contribution is 7.90. The lowest BCUT2D eigenvalue weighted by Crippen LogP contribution is -2.49. The zero-order valence-electron chi connectivity index (χ0n) is 10.9. The predicted molar refractivity (Wildman–Crippen MR) is 73.2 cm³/mol. The van der Waals surface area contributed by atoms with Gasteiger partial charge in [-0.3, -0.25) is 0 Å². The maximum atomic E-state index is 12.4. The summed E-state index contributed by atoms with van der Waals surface area (Å²) < 4.78 is 31.4. The molecule has 1 saturated heterocycles. The molecular weight excluding hydrogens is 262 g/mol. The first-order chi connectivity index (χ1) is 9.14. The normalized spacial score (nSPS) is 21.9. The molecule has 1 aromatic rings. The van der Waals surface area contributed by atoms with Crippen molar-refractivity contribution in [1.29, 1.82) is 0 Å². The van der Waals surface area contributed by atoms with E-state index in [-0.39, 0.29) is 0 Å². The third-order valence-corrected chi connectivity index (χ3v) is 6.65. The van der Waals surface area contributed by atoms with Gasteiger partial charge >= 0.3 is 0 Å². The monoisotopic (exact) mass is 281 g/mol. The van der Waals surface area contributed by atoms with Crippen LogP contribution in [0.5, 0.6) is 0 Å². The molecular formula is C14H19NO3S. The average molecular weight is 281 g/mol. The van der Waals surface area contributed by atoms with Crippen LogP contribution in [0.15, 0.2) is 30.3 Å². The molecule has 0 N–H and O–H groups in total. The van der Waals surface area contributed by atoms with E-state index < -0.39 is 14.8 Å². The number of hydrogen-bond acceptors (Lipinski definition) is 3. The maximum absolute atomic E-state index is 12.4. The van der Waals surface area contributed by atoms with Crippen molar-refractivity contribution in [3.05, 3.63) is 35.9 Å². The minimum atomic E-state index is -3.14. The summed E-state index contributed by atoms with van der Waals surface area (Å²) in [5.41, 5.74) is 1.08. The van der Waals surface area contributed by atoms with E-state index in [4.69, 9.17) is 4.74 Å². The smallest absolute Gasteiger partial charge is 0.222 e. The highest BCUT2D eigenvalue weighted by atomic mass is 32.2. The first kappa shape index (κ1) is 13.1. The van der Waals surface area contributed by atoms with E-state index in [1.165, 1.54) is 0 Å². The van der Waals surface area contributed by atoms with Gasteiger partial charge in [0.25, 0.3) is 0 Å². The van der Waals surface area contributed by atoms with Gasteiger partial charge in [-0.05, 0) is 24.8 Å². The van der Waals surface area contributed by atoms with Gasteiger partial charge in [0.2, 0.25) is 10.0 Å². The Morgan fingerprint density at radius 3 is 2.37 bits per heavy atom. The quantitative estimate of drug-likeness (QED) is 0.798. The number of sulfonamides is 1. The Balaban J connectivity index is 1.57. The second-order valence-corrected chi connectivity index (χ2v) is 7.75. The van der Waals surface area contributed by atoms with Gasteiger partial charge in [0.05, 0.1) is 13.2 Å². The molecule has 0 bridgehead atoms. The molecule has 0 spiro atoms. The highest BCUT2D eigenvalue weighted by Crippen LogP contribution is 2.46. The van der Waals surface area contributed by atoms with Crippen molar-refractivity contribution < 1.29 is 13.2 Å². The Kier molecular flexibility index (Phi) is 3.37. The minimum absolute atomic E-state index is 0.320. The first-order valence-corrected chi connectivity index (χ1v) is 8.19. The topological polar surface area (TPSA) is 46.6 Å². The van der Waals surface area contributed by atoms with Crippen LogP contribution in [0.1, 0.15) is 24.8 Å². The van der Waals surface area contributed by atoms with Crippen molar-refractivity contribution in [1.82, 2.24) is 4.31 Å². The summed E-state index contributed by atoms with van der Waals surface area (Å²) in [5.74, 6) is 0. The summed E-state index contributed by atoms with van der Waals surface area (Å²) in [6.45, 7) is 2.17. The Hall–Kier alpha value is -0.910. The molecule has 1 heterocycles. The predicted octanol–water partition coefficient (Wildman–Crippen LogP) is 1.77. The van der Waals surface area contributed by atoms with E-state index in [1.807, 2.05) is 30.3 Å². The van der Waals surface area contributed by atoms with E-state index in [9.17, 15) is 8.42 Å². The van der Waals surface area contributed by atoms with Crippen molar-refractivity contribution in [2.24, 2.45) is 0 Å². The third kappa shape index (κ3) is 2.42. The van der Waals surface area contributed by atoms with E-state index in [2.05, 4.69) is 0 Å². The van der Waals surface area contributed by atoms with Crippen LogP contribution in [0.2, 0.25) is 0 Å². The van der Waals surface area contributed by atoms with Gasteiger partial charge in [0.15, 0.2) is 0 Å². The van der Waals surface area contributed by atoms with Crippen molar-refractivity contribution in [3.8, 4) is 0 Å². The molecule has 0 atom stereocenters. The summed E-state index contributed by atoms with van der Waals surface area (Å²) in [6.07, 6.45) is 2.46. The summed E-state index contributed by atoms with van der Waals surface area (Å²) in [5, 5.41) is 0. The largest absolute Gasteiger partial charge is 0.375 e. The molecule has 5 heteroatoms. The first-order valence-electron chi connectivity index (χ1n) is 6.75. The molecule has 0 aromatic heterocycles. The van der Waals surface area contributed by atoms with E-state index in [0.717, 1.165) is 24.8 Å². The molecule has 1 aliphatic heterocycles. The lowest BCUT2D eigenvalue weighted by Gasteiger charge is -2.33. The molecule has 0 amide bonds. The molecule has 2 aliphatic rings. The number of hydrogen-bond donors (Lipinski definition) is 0. The van der Waals surface area contributed by atoms with Crippen molar-refractivity contribution in [2.45, 2.75) is 30.6 Å². The van der Waals surface area contributed by atoms with Crippen molar-refractivity contribution in [3.63, 3.8) is 0 Å². The van der Waals surface area contributed by atoms with Gasteiger partial charge in [-0.2, -0.15) is 0 Å². The van der Waals surface area contributed by atoms with Gasteiger partial charge in [-0.25, -0.2) is 12.7 Å². The van der Waals surface area contributed by atoms with Gasteiger partial charge in [0, 0.05) is 13.1 Å². The Labute approximate surface area is 114 Å². The fraction of sp³-hybridized carbons (Fsp3) is 0.571. The zero-order valence-corrected chi connectivity index (χ0v) is 11.7. The van der Waals surface area contributed by atoms with Gasteiger partial charge in [-0.15, -0.1) is 0 Å². The molecule has 3 rings (SSSR count). The van der Waals surface area contributed by atoms with Crippen LogP contribution in [-0.4, -0.2) is 37.2 Å². The van der Waals surface area contributed by atoms with Crippen LogP contribution in [0, 0.1) is 0 Å². The van der Waals surface area contributed by atoms with E-state index in [1.54, 1.807) is 4.31 Å². The zero-order chi connectivity index (χ0) is 13.3. The summed E-state index contributed by atoms with van der Waals surface area (Å²) >= 11 is 0. The molecule has 4 nitrogen and oxygen atoms in total. The summed E-state index contributed by atoms with van der Waals surface area (Å²) in [7, 11) is -3.14. The molecule has 104 valence electrons. The van der Waals surface area contributed by atoms with E-state index >= 15 is 0 Å². The third-order valence-electron chi connectivity index (χ3n) is 3.99. The average Bonchev–Trinajstić information content (AvgIpc) is 3.09. The minimum Gasteiger partial charge on any atom is -0.375 e. The molecule has 1 aliphatic carbocycles. The van der Waals surface area contributed by atoms with Crippen LogP contribution in [0.3, 0.4) is 0 Å². The fourth-order valence-corrected chi connectivity index (χ4v) is 4.48. The number of ether oxygens (including phenoxy) is 1. The Morgan fingerprint density at radius 2 is 1.84 bits per heavy atom. The fourth-order valence-electron chi connectivity index (χ4n) is 2.35.